The Morgan fingerprint density at radius 3 is 2.59 bits per heavy atom. The SMILES string of the molecule is COc1ccccc1O[C@H](C)C(=O)Nc1ccccc1C(=O)NC[C@@H]1CCCO1. The van der Waals surface area contributed by atoms with Crippen LogP contribution in [0.4, 0.5) is 5.69 Å². The van der Waals surface area contributed by atoms with Crippen LogP contribution in [0.1, 0.15) is 30.1 Å². The summed E-state index contributed by atoms with van der Waals surface area (Å²) in [6.45, 7) is 2.83. The van der Waals surface area contributed by atoms with Crippen molar-refractivity contribution in [3.05, 3.63) is 54.1 Å². The van der Waals surface area contributed by atoms with Gasteiger partial charge in [-0.15, -0.1) is 0 Å². The molecule has 7 nitrogen and oxygen atoms in total. The van der Waals surface area contributed by atoms with Crippen LogP contribution in [-0.4, -0.2) is 44.3 Å². The van der Waals surface area contributed by atoms with E-state index in [-0.39, 0.29) is 17.9 Å². The molecule has 2 N–H and O–H groups in total. The van der Waals surface area contributed by atoms with E-state index in [4.69, 9.17) is 14.2 Å². The summed E-state index contributed by atoms with van der Waals surface area (Å²) in [6, 6.07) is 14.0. The Morgan fingerprint density at radius 2 is 1.86 bits per heavy atom. The van der Waals surface area contributed by atoms with Crippen molar-refractivity contribution in [1.82, 2.24) is 5.32 Å². The average molecular weight is 398 g/mol. The summed E-state index contributed by atoms with van der Waals surface area (Å²) in [4.78, 5) is 25.2. The zero-order valence-corrected chi connectivity index (χ0v) is 16.6. The van der Waals surface area contributed by atoms with Gasteiger partial charge in [0.1, 0.15) is 0 Å². The maximum Gasteiger partial charge on any atom is 0.265 e. The summed E-state index contributed by atoms with van der Waals surface area (Å²) in [6.07, 6.45) is 1.22. The molecule has 2 aromatic rings. The number of rotatable bonds is 8. The molecule has 1 saturated heterocycles. The molecule has 0 saturated carbocycles. The Bertz CT molecular complexity index is 849. The molecule has 7 heteroatoms. The lowest BCUT2D eigenvalue weighted by Crippen LogP contribution is -2.34. The second-order valence-corrected chi connectivity index (χ2v) is 6.79. The molecule has 29 heavy (non-hydrogen) atoms. The van der Waals surface area contributed by atoms with Gasteiger partial charge in [0.05, 0.1) is 24.5 Å². The highest BCUT2D eigenvalue weighted by Gasteiger charge is 2.21. The predicted octanol–water partition coefficient (Wildman–Crippen LogP) is 3.01. The number of hydrogen-bond donors (Lipinski definition) is 2. The van der Waals surface area contributed by atoms with E-state index in [0.717, 1.165) is 19.4 Å². The molecule has 0 radical (unpaired) electrons. The van der Waals surface area contributed by atoms with Crippen molar-refractivity contribution in [1.29, 1.82) is 0 Å². The molecule has 2 atom stereocenters. The highest BCUT2D eigenvalue weighted by atomic mass is 16.5. The first-order chi connectivity index (χ1) is 14.1. The summed E-state index contributed by atoms with van der Waals surface area (Å²) in [5.74, 6) is 0.395. The zero-order valence-electron chi connectivity index (χ0n) is 16.6. The van der Waals surface area contributed by atoms with Crippen LogP contribution in [0.3, 0.4) is 0 Å². The van der Waals surface area contributed by atoms with Crippen LogP contribution >= 0.6 is 0 Å². The fourth-order valence-electron chi connectivity index (χ4n) is 3.09. The first-order valence-corrected chi connectivity index (χ1v) is 9.68. The standard InChI is InChI=1S/C22H26N2O5/c1-15(29-20-12-6-5-11-19(20)27-2)21(25)24-18-10-4-3-9-17(18)22(26)23-14-16-8-7-13-28-16/h3-6,9-12,15-16H,7-8,13-14H2,1-2H3,(H,23,26)(H,24,25)/t15-,16+/m1/s1. The van der Waals surface area contributed by atoms with Gasteiger partial charge < -0.3 is 24.8 Å². The molecule has 2 amide bonds. The van der Waals surface area contributed by atoms with Crippen LogP contribution < -0.4 is 20.1 Å². The number of anilines is 1. The Morgan fingerprint density at radius 1 is 1.14 bits per heavy atom. The molecule has 0 unspecified atom stereocenters. The van der Waals surface area contributed by atoms with Gasteiger partial charge in [0.25, 0.3) is 11.8 Å². The van der Waals surface area contributed by atoms with E-state index >= 15 is 0 Å². The number of carbonyl (C=O) groups excluding carboxylic acids is 2. The largest absolute Gasteiger partial charge is 0.493 e. The van der Waals surface area contributed by atoms with Crippen molar-refractivity contribution in [2.45, 2.75) is 32.0 Å². The Labute approximate surface area is 170 Å². The van der Waals surface area contributed by atoms with Gasteiger partial charge in [-0.3, -0.25) is 9.59 Å². The molecule has 154 valence electrons. The Balaban J connectivity index is 1.63. The first kappa shape index (κ1) is 20.7. The molecule has 0 aromatic heterocycles. The number of hydrogen-bond acceptors (Lipinski definition) is 5. The number of para-hydroxylation sites is 3. The molecule has 0 spiro atoms. The average Bonchev–Trinajstić information content (AvgIpc) is 3.26. The first-order valence-electron chi connectivity index (χ1n) is 9.68. The van der Waals surface area contributed by atoms with Crippen LogP contribution in [0.15, 0.2) is 48.5 Å². The normalized spacial score (nSPS) is 16.7. The van der Waals surface area contributed by atoms with Crippen molar-refractivity contribution >= 4 is 17.5 Å². The van der Waals surface area contributed by atoms with E-state index in [1.54, 1.807) is 56.5 Å². The monoisotopic (exact) mass is 398 g/mol. The van der Waals surface area contributed by atoms with Crippen molar-refractivity contribution in [2.24, 2.45) is 0 Å². The van der Waals surface area contributed by atoms with E-state index < -0.39 is 6.10 Å². The molecule has 2 aromatic carbocycles. The number of methoxy groups -OCH3 is 1. The highest BCUT2D eigenvalue weighted by Crippen LogP contribution is 2.27. The maximum absolute atomic E-state index is 12.6. The van der Waals surface area contributed by atoms with Gasteiger partial charge in [-0.1, -0.05) is 24.3 Å². The molecular formula is C22H26N2O5. The molecule has 1 aliphatic rings. The van der Waals surface area contributed by atoms with Gasteiger partial charge in [0.15, 0.2) is 17.6 Å². The highest BCUT2D eigenvalue weighted by molar-refractivity contribution is 6.04. The fourth-order valence-corrected chi connectivity index (χ4v) is 3.09. The number of nitrogens with one attached hydrogen (secondary N) is 2. The van der Waals surface area contributed by atoms with E-state index in [1.165, 1.54) is 0 Å². The number of benzene rings is 2. The van der Waals surface area contributed by atoms with Crippen molar-refractivity contribution in [3.63, 3.8) is 0 Å². The molecule has 0 aliphatic carbocycles. The summed E-state index contributed by atoms with van der Waals surface area (Å²) >= 11 is 0. The van der Waals surface area contributed by atoms with Crippen molar-refractivity contribution in [2.75, 3.05) is 25.6 Å². The Kier molecular flexibility index (Phi) is 7.08. The molecule has 0 bridgehead atoms. The Hall–Kier alpha value is -3.06. The lowest BCUT2D eigenvalue weighted by atomic mass is 10.1. The fraction of sp³-hybridized carbons (Fsp3) is 0.364. The van der Waals surface area contributed by atoms with Gasteiger partial charge in [-0.05, 0) is 44.0 Å². The second-order valence-electron chi connectivity index (χ2n) is 6.79. The van der Waals surface area contributed by atoms with Gasteiger partial charge in [0.2, 0.25) is 0 Å². The maximum atomic E-state index is 12.6. The topological polar surface area (TPSA) is 85.9 Å². The third-order valence-electron chi connectivity index (χ3n) is 4.69. The summed E-state index contributed by atoms with van der Waals surface area (Å²) in [5.41, 5.74) is 0.821. The van der Waals surface area contributed by atoms with Gasteiger partial charge in [-0.25, -0.2) is 0 Å². The predicted molar refractivity (Wildman–Crippen MR) is 109 cm³/mol. The van der Waals surface area contributed by atoms with Crippen molar-refractivity contribution in [3.8, 4) is 11.5 Å². The minimum absolute atomic E-state index is 0.0509. The van der Waals surface area contributed by atoms with E-state index in [0.29, 0.717) is 29.3 Å². The van der Waals surface area contributed by atoms with Crippen LogP contribution in [0, 0.1) is 0 Å². The van der Waals surface area contributed by atoms with E-state index in [2.05, 4.69) is 10.6 Å². The van der Waals surface area contributed by atoms with Gasteiger partial charge in [-0.2, -0.15) is 0 Å². The lowest BCUT2D eigenvalue weighted by Gasteiger charge is -2.18. The summed E-state index contributed by atoms with van der Waals surface area (Å²) in [5, 5.41) is 5.66. The molecule has 3 rings (SSSR count). The van der Waals surface area contributed by atoms with Crippen LogP contribution in [0.2, 0.25) is 0 Å². The molecule has 1 heterocycles. The number of amides is 2. The second kappa shape index (κ2) is 9.93. The van der Waals surface area contributed by atoms with Gasteiger partial charge in [0, 0.05) is 13.2 Å². The minimum atomic E-state index is -0.783. The molecule has 1 fully saturated rings. The molecule has 1 aliphatic heterocycles. The van der Waals surface area contributed by atoms with Crippen LogP contribution in [0.25, 0.3) is 0 Å². The van der Waals surface area contributed by atoms with Crippen LogP contribution in [-0.2, 0) is 9.53 Å². The van der Waals surface area contributed by atoms with Crippen molar-refractivity contribution < 1.29 is 23.8 Å². The minimum Gasteiger partial charge on any atom is -0.493 e. The summed E-state index contributed by atoms with van der Waals surface area (Å²) in [7, 11) is 1.54. The molecular weight excluding hydrogens is 372 g/mol. The van der Waals surface area contributed by atoms with Gasteiger partial charge >= 0.3 is 0 Å². The van der Waals surface area contributed by atoms with Crippen LogP contribution in [0.5, 0.6) is 11.5 Å². The third-order valence-corrected chi connectivity index (χ3v) is 4.69. The van der Waals surface area contributed by atoms with E-state index in [9.17, 15) is 9.59 Å². The lowest BCUT2D eigenvalue weighted by molar-refractivity contribution is -0.122. The van der Waals surface area contributed by atoms with E-state index in [1.807, 2.05) is 6.07 Å². The number of ether oxygens (including phenoxy) is 3. The smallest absolute Gasteiger partial charge is 0.265 e. The quantitative estimate of drug-likeness (QED) is 0.714. The number of carbonyl (C=O) groups is 2. The third kappa shape index (κ3) is 5.48. The zero-order chi connectivity index (χ0) is 20.6. The summed E-state index contributed by atoms with van der Waals surface area (Å²) < 4.78 is 16.5.